The number of hydrogen-bond acceptors (Lipinski definition) is 5. The number of amides is 2. The second kappa shape index (κ2) is 7.07. The average Bonchev–Trinajstić information content (AvgIpc) is 3.38. The molecule has 1 saturated heterocycles. The maximum atomic E-state index is 12.4. The Hall–Kier alpha value is -3.03. The molecule has 0 bridgehead atoms. The normalized spacial score (nSPS) is 18.4. The smallest absolute Gasteiger partial charge is 0.231 e. The number of nitrogens with zero attached hydrogens (tertiary/aromatic N) is 3. The Morgan fingerprint density at radius 3 is 3.04 bits per heavy atom. The first-order valence-electron chi connectivity index (χ1n) is 8.64. The van der Waals surface area contributed by atoms with Gasteiger partial charge in [0, 0.05) is 50.2 Å². The molecule has 0 radical (unpaired) electrons. The summed E-state index contributed by atoms with van der Waals surface area (Å²) in [4.78, 5) is 30.3. The Morgan fingerprint density at radius 2 is 2.19 bits per heavy atom. The van der Waals surface area contributed by atoms with E-state index >= 15 is 0 Å². The first kappa shape index (κ1) is 16.4. The fourth-order valence-corrected chi connectivity index (χ4v) is 3.22. The molecule has 26 heavy (non-hydrogen) atoms. The Kier molecular flexibility index (Phi) is 4.47. The van der Waals surface area contributed by atoms with Crippen LogP contribution in [0, 0.1) is 5.92 Å². The third-order valence-electron chi connectivity index (χ3n) is 4.62. The van der Waals surface area contributed by atoms with Crippen molar-refractivity contribution in [2.75, 3.05) is 24.8 Å². The van der Waals surface area contributed by atoms with Crippen LogP contribution in [-0.2, 0) is 16.1 Å². The first-order chi connectivity index (χ1) is 12.7. The topological polar surface area (TPSA) is 85.7 Å². The molecule has 1 atom stereocenters. The van der Waals surface area contributed by atoms with Crippen LogP contribution in [0.15, 0.2) is 36.9 Å². The zero-order valence-electron chi connectivity index (χ0n) is 14.3. The molecule has 1 N–H and O–H groups in total. The summed E-state index contributed by atoms with van der Waals surface area (Å²) >= 11 is 0. The van der Waals surface area contributed by atoms with Crippen LogP contribution < -0.4 is 19.7 Å². The third-order valence-corrected chi connectivity index (χ3v) is 4.62. The lowest BCUT2D eigenvalue weighted by molar-refractivity contribution is -0.126. The highest BCUT2D eigenvalue weighted by molar-refractivity contribution is 6.00. The van der Waals surface area contributed by atoms with E-state index in [-0.39, 0.29) is 30.9 Å². The van der Waals surface area contributed by atoms with E-state index in [2.05, 4.69) is 10.3 Å². The fraction of sp³-hybridized carbons (Fsp3) is 0.389. The Labute approximate surface area is 150 Å². The highest BCUT2D eigenvalue weighted by Gasteiger charge is 2.35. The SMILES string of the molecule is O=C(NCCCn1ccnc1)C1CC(=O)N(c2ccc3c(c2)OCO3)C1. The molecule has 2 aromatic rings. The fourth-order valence-electron chi connectivity index (χ4n) is 3.22. The molecule has 4 rings (SSSR count). The summed E-state index contributed by atoms with van der Waals surface area (Å²) < 4.78 is 12.6. The molecule has 3 heterocycles. The van der Waals surface area contributed by atoms with E-state index in [4.69, 9.17) is 9.47 Å². The van der Waals surface area contributed by atoms with Gasteiger partial charge < -0.3 is 24.3 Å². The average molecular weight is 356 g/mol. The number of benzene rings is 1. The van der Waals surface area contributed by atoms with Crippen molar-refractivity contribution in [1.82, 2.24) is 14.9 Å². The van der Waals surface area contributed by atoms with Gasteiger partial charge in [-0.25, -0.2) is 4.98 Å². The van der Waals surface area contributed by atoms with Crippen LogP contribution in [-0.4, -0.2) is 41.2 Å². The number of ether oxygens (including phenoxy) is 2. The molecule has 136 valence electrons. The number of rotatable bonds is 6. The summed E-state index contributed by atoms with van der Waals surface area (Å²) in [6.07, 6.45) is 6.41. The molecule has 0 saturated carbocycles. The predicted octanol–water partition coefficient (Wildman–Crippen LogP) is 1.17. The van der Waals surface area contributed by atoms with Crippen LogP contribution in [0.3, 0.4) is 0 Å². The van der Waals surface area contributed by atoms with Gasteiger partial charge in [-0.15, -0.1) is 0 Å². The molecular weight excluding hydrogens is 336 g/mol. The van der Waals surface area contributed by atoms with Gasteiger partial charge in [0.2, 0.25) is 18.6 Å². The summed E-state index contributed by atoms with van der Waals surface area (Å²) in [7, 11) is 0. The summed E-state index contributed by atoms with van der Waals surface area (Å²) in [5, 5.41) is 2.93. The minimum Gasteiger partial charge on any atom is -0.454 e. The van der Waals surface area contributed by atoms with Crippen molar-refractivity contribution in [1.29, 1.82) is 0 Å². The lowest BCUT2D eigenvalue weighted by atomic mass is 10.1. The molecule has 2 aliphatic rings. The number of hydrogen-bond donors (Lipinski definition) is 1. The van der Waals surface area contributed by atoms with E-state index in [1.807, 2.05) is 16.8 Å². The molecule has 8 heteroatoms. The largest absolute Gasteiger partial charge is 0.454 e. The van der Waals surface area contributed by atoms with Crippen molar-refractivity contribution in [3.8, 4) is 11.5 Å². The van der Waals surface area contributed by atoms with Gasteiger partial charge in [0.15, 0.2) is 11.5 Å². The van der Waals surface area contributed by atoms with E-state index in [1.54, 1.807) is 29.6 Å². The maximum Gasteiger partial charge on any atom is 0.231 e. The van der Waals surface area contributed by atoms with Gasteiger partial charge >= 0.3 is 0 Å². The van der Waals surface area contributed by atoms with Gasteiger partial charge in [0.1, 0.15) is 0 Å². The predicted molar refractivity (Wildman–Crippen MR) is 92.9 cm³/mol. The quantitative estimate of drug-likeness (QED) is 0.786. The summed E-state index contributed by atoms with van der Waals surface area (Å²) in [5.74, 6) is 0.839. The number of carbonyl (C=O) groups is 2. The van der Waals surface area contributed by atoms with Gasteiger partial charge in [-0.3, -0.25) is 9.59 Å². The maximum absolute atomic E-state index is 12.4. The molecule has 8 nitrogen and oxygen atoms in total. The molecule has 1 aromatic carbocycles. The lowest BCUT2D eigenvalue weighted by Crippen LogP contribution is -2.33. The van der Waals surface area contributed by atoms with E-state index in [0.29, 0.717) is 24.6 Å². The second-order valence-corrected chi connectivity index (χ2v) is 6.39. The molecule has 1 aromatic heterocycles. The number of aryl methyl sites for hydroxylation is 1. The number of imidazole rings is 1. The van der Waals surface area contributed by atoms with Crippen molar-refractivity contribution >= 4 is 17.5 Å². The first-order valence-corrected chi connectivity index (χ1v) is 8.64. The van der Waals surface area contributed by atoms with Gasteiger partial charge in [-0.05, 0) is 18.6 Å². The molecule has 2 aliphatic heterocycles. The van der Waals surface area contributed by atoms with Crippen molar-refractivity contribution in [3.05, 3.63) is 36.9 Å². The van der Waals surface area contributed by atoms with Gasteiger partial charge in [0.25, 0.3) is 0 Å². The summed E-state index contributed by atoms with van der Waals surface area (Å²) in [5.41, 5.74) is 0.731. The van der Waals surface area contributed by atoms with Crippen LogP contribution in [0.2, 0.25) is 0 Å². The van der Waals surface area contributed by atoms with E-state index in [0.717, 1.165) is 18.7 Å². The number of nitrogens with one attached hydrogen (secondary N) is 1. The van der Waals surface area contributed by atoms with E-state index < -0.39 is 0 Å². The van der Waals surface area contributed by atoms with Gasteiger partial charge in [-0.1, -0.05) is 0 Å². The Morgan fingerprint density at radius 1 is 1.31 bits per heavy atom. The molecular formula is C18H20N4O4. The van der Waals surface area contributed by atoms with E-state index in [9.17, 15) is 9.59 Å². The van der Waals surface area contributed by atoms with Crippen LogP contribution in [0.4, 0.5) is 5.69 Å². The zero-order chi connectivity index (χ0) is 17.9. The number of carbonyl (C=O) groups excluding carboxylic acids is 2. The Balaban J connectivity index is 1.30. The monoisotopic (exact) mass is 356 g/mol. The number of aromatic nitrogens is 2. The minimum absolute atomic E-state index is 0.0533. The number of anilines is 1. The lowest BCUT2D eigenvalue weighted by Gasteiger charge is -2.17. The van der Waals surface area contributed by atoms with Crippen LogP contribution in [0.25, 0.3) is 0 Å². The summed E-state index contributed by atoms with van der Waals surface area (Å²) in [6.45, 7) is 1.95. The van der Waals surface area contributed by atoms with Crippen molar-refractivity contribution in [3.63, 3.8) is 0 Å². The second-order valence-electron chi connectivity index (χ2n) is 6.39. The zero-order valence-corrected chi connectivity index (χ0v) is 14.3. The van der Waals surface area contributed by atoms with Gasteiger partial charge in [-0.2, -0.15) is 0 Å². The molecule has 1 unspecified atom stereocenters. The van der Waals surface area contributed by atoms with Crippen molar-refractivity contribution in [2.24, 2.45) is 5.92 Å². The third kappa shape index (κ3) is 3.35. The minimum atomic E-state index is -0.332. The van der Waals surface area contributed by atoms with Crippen LogP contribution >= 0.6 is 0 Å². The number of fused-ring (bicyclic) bond motifs is 1. The van der Waals surface area contributed by atoms with Crippen LogP contribution in [0.5, 0.6) is 11.5 Å². The van der Waals surface area contributed by atoms with E-state index in [1.165, 1.54) is 0 Å². The van der Waals surface area contributed by atoms with Crippen LogP contribution in [0.1, 0.15) is 12.8 Å². The molecule has 0 aliphatic carbocycles. The van der Waals surface area contributed by atoms with Crippen molar-refractivity contribution < 1.29 is 19.1 Å². The molecule has 0 spiro atoms. The molecule has 2 amide bonds. The standard InChI is InChI=1S/C18H20N4O4/c23-17-8-13(18(24)20-4-1-6-21-7-5-19-11-21)10-22(17)14-2-3-15-16(9-14)26-12-25-15/h2-3,5,7,9,11,13H,1,4,6,8,10,12H2,(H,20,24). The van der Waals surface area contributed by atoms with Gasteiger partial charge in [0.05, 0.1) is 12.2 Å². The Bertz CT molecular complexity index is 806. The highest BCUT2D eigenvalue weighted by Crippen LogP contribution is 2.37. The summed E-state index contributed by atoms with van der Waals surface area (Å²) in [6, 6.07) is 5.39. The molecule has 1 fully saturated rings. The highest BCUT2D eigenvalue weighted by atomic mass is 16.7. The van der Waals surface area contributed by atoms with Crippen molar-refractivity contribution in [2.45, 2.75) is 19.4 Å².